The number of rotatable bonds is 5. The van der Waals surface area contributed by atoms with Crippen molar-refractivity contribution in [3.63, 3.8) is 0 Å². The largest absolute Gasteiger partial charge is 0.390 e. The number of aromatic amines is 1. The Morgan fingerprint density at radius 3 is 2.38 bits per heavy atom. The predicted octanol–water partition coefficient (Wildman–Crippen LogP) is 0.763. The summed E-state index contributed by atoms with van der Waals surface area (Å²) >= 11 is 0. The Morgan fingerprint density at radius 1 is 1.17 bits per heavy atom. The van der Waals surface area contributed by atoms with Crippen LogP contribution in [0.5, 0.6) is 0 Å². The summed E-state index contributed by atoms with van der Waals surface area (Å²) in [6.07, 6.45) is 2.33. The van der Waals surface area contributed by atoms with Gasteiger partial charge >= 0.3 is 0 Å². The molecular weight excluding hydrogens is 306 g/mol. The summed E-state index contributed by atoms with van der Waals surface area (Å²) in [5, 5.41) is 17.7. The van der Waals surface area contributed by atoms with Gasteiger partial charge in [0, 0.05) is 32.1 Å². The van der Waals surface area contributed by atoms with Crippen LogP contribution in [0, 0.1) is 6.92 Å². The van der Waals surface area contributed by atoms with E-state index in [4.69, 9.17) is 4.74 Å². The van der Waals surface area contributed by atoms with E-state index < -0.39 is 0 Å². The molecule has 1 aromatic rings. The van der Waals surface area contributed by atoms with Crippen molar-refractivity contribution in [2.24, 2.45) is 0 Å². The molecule has 2 aliphatic rings. The van der Waals surface area contributed by atoms with Crippen LogP contribution in [0.25, 0.3) is 0 Å². The van der Waals surface area contributed by atoms with Gasteiger partial charge in [-0.15, -0.1) is 0 Å². The molecule has 2 aliphatic heterocycles. The van der Waals surface area contributed by atoms with Crippen molar-refractivity contribution in [1.82, 2.24) is 25.0 Å². The smallest absolute Gasteiger partial charge is 0.153 e. The van der Waals surface area contributed by atoms with E-state index in [1.807, 2.05) is 6.92 Å². The molecule has 1 aromatic heterocycles. The van der Waals surface area contributed by atoms with Crippen LogP contribution in [0.4, 0.5) is 0 Å². The Kier molecular flexibility index (Phi) is 5.86. The van der Waals surface area contributed by atoms with E-state index >= 15 is 0 Å². The predicted molar refractivity (Wildman–Crippen MR) is 92.0 cm³/mol. The number of hydrogen-bond donors (Lipinski definition) is 2. The Labute approximate surface area is 144 Å². The molecule has 2 saturated heterocycles. The van der Waals surface area contributed by atoms with Crippen LogP contribution in [0.3, 0.4) is 0 Å². The molecule has 0 spiro atoms. The second kappa shape index (κ2) is 7.91. The van der Waals surface area contributed by atoms with E-state index in [9.17, 15) is 5.11 Å². The van der Waals surface area contributed by atoms with E-state index in [-0.39, 0.29) is 18.3 Å². The number of piperidine rings is 1. The average Bonchev–Trinajstić information content (AvgIpc) is 2.93. The lowest BCUT2D eigenvalue weighted by Gasteiger charge is -2.37. The quantitative estimate of drug-likeness (QED) is 0.826. The fourth-order valence-corrected chi connectivity index (χ4v) is 4.00. The topological polar surface area (TPSA) is 77.5 Å². The lowest BCUT2D eigenvalue weighted by molar-refractivity contribution is -0.0782. The SMILES string of the molecule is Cc1nc(C2CCN(CC(O)CN3CC(C)OC(C)C3)CC2)n[nH]1. The van der Waals surface area contributed by atoms with Crippen molar-refractivity contribution in [2.45, 2.75) is 57.8 Å². The Morgan fingerprint density at radius 2 is 1.79 bits per heavy atom. The van der Waals surface area contributed by atoms with Crippen LogP contribution >= 0.6 is 0 Å². The first kappa shape index (κ1) is 17.8. The fourth-order valence-electron chi connectivity index (χ4n) is 4.00. The third-order valence-electron chi connectivity index (χ3n) is 5.00. The molecule has 0 amide bonds. The summed E-state index contributed by atoms with van der Waals surface area (Å²) in [6, 6.07) is 0. The van der Waals surface area contributed by atoms with Crippen molar-refractivity contribution in [2.75, 3.05) is 39.3 Å². The van der Waals surface area contributed by atoms with Gasteiger partial charge in [0.2, 0.25) is 0 Å². The van der Waals surface area contributed by atoms with Gasteiger partial charge < -0.3 is 14.7 Å². The number of nitrogens with one attached hydrogen (secondary N) is 1. The van der Waals surface area contributed by atoms with Gasteiger partial charge in [-0.1, -0.05) is 0 Å². The summed E-state index contributed by atoms with van der Waals surface area (Å²) in [6.45, 7) is 11.5. The van der Waals surface area contributed by atoms with Gasteiger partial charge in [0.05, 0.1) is 18.3 Å². The highest BCUT2D eigenvalue weighted by Crippen LogP contribution is 2.25. The maximum atomic E-state index is 10.5. The summed E-state index contributed by atoms with van der Waals surface area (Å²) in [5.41, 5.74) is 0. The van der Waals surface area contributed by atoms with Gasteiger partial charge in [0.15, 0.2) is 5.82 Å². The number of hydrogen-bond acceptors (Lipinski definition) is 6. The zero-order valence-corrected chi connectivity index (χ0v) is 15.1. The number of aliphatic hydroxyl groups excluding tert-OH is 1. The molecule has 3 rings (SSSR count). The van der Waals surface area contributed by atoms with Gasteiger partial charge in [-0.25, -0.2) is 4.98 Å². The van der Waals surface area contributed by atoms with Crippen molar-refractivity contribution in [3.05, 3.63) is 11.6 Å². The third-order valence-corrected chi connectivity index (χ3v) is 5.00. The second-order valence-electron chi connectivity index (χ2n) is 7.48. The molecule has 0 saturated carbocycles. The van der Waals surface area contributed by atoms with Crippen LogP contribution in [0.2, 0.25) is 0 Å². The minimum Gasteiger partial charge on any atom is -0.390 e. The molecular formula is C17H31N5O2. The van der Waals surface area contributed by atoms with Crippen LogP contribution in [-0.2, 0) is 4.74 Å². The van der Waals surface area contributed by atoms with Gasteiger partial charge in [0.1, 0.15) is 5.82 Å². The minimum absolute atomic E-state index is 0.251. The van der Waals surface area contributed by atoms with Crippen LogP contribution in [-0.4, -0.2) is 87.7 Å². The second-order valence-corrected chi connectivity index (χ2v) is 7.48. The molecule has 7 nitrogen and oxygen atoms in total. The monoisotopic (exact) mass is 337 g/mol. The first-order chi connectivity index (χ1) is 11.5. The van der Waals surface area contributed by atoms with E-state index in [0.717, 1.165) is 63.8 Å². The number of morpholine rings is 1. The molecule has 0 aromatic carbocycles. The highest BCUT2D eigenvalue weighted by atomic mass is 16.5. The number of aryl methyl sites for hydroxylation is 1. The highest BCUT2D eigenvalue weighted by Gasteiger charge is 2.27. The standard InChI is InChI=1S/C17H31N5O2/c1-12-8-22(9-13(2)24-12)11-16(23)10-21-6-4-15(5-7-21)17-18-14(3)19-20-17/h12-13,15-16,23H,4-11H2,1-3H3,(H,18,19,20). The number of aliphatic hydroxyl groups is 1. The van der Waals surface area contributed by atoms with Crippen LogP contribution < -0.4 is 0 Å². The first-order valence-electron chi connectivity index (χ1n) is 9.16. The highest BCUT2D eigenvalue weighted by molar-refractivity contribution is 4.99. The van der Waals surface area contributed by atoms with Crippen molar-refractivity contribution >= 4 is 0 Å². The van der Waals surface area contributed by atoms with Crippen molar-refractivity contribution in [3.8, 4) is 0 Å². The molecule has 3 unspecified atom stereocenters. The maximum Gasteiger partial charge on any atom is 0.153 e. The van der Waals surface area contributed by atoms with Gasteiger partial charge in [0.25, 0.3) is 0 Å². The summed E-state index contributed by atoms with van der Waals surface area (Å²) in [7, 11) is 0. The molecule has 0 bridgehead atoms. The Bertz CT molecular complexity index is 505. The zero-order chi connectivity index (χ0) is 17.1. The third kappa shape index (κ3) is 4.75. The lowest BCUT2D eigenvalue weighted by atomic mass is 9.96. The van der Waals surface area contributed by atoms with E-state index in [0.29, 0.717) is 5.92 Å². The van der Waals surface area contributed by atoms with Crippen molar-refractivity contribution < 1.29 is 9.84 Å². The van der Waals surface area contributed by atoms with Gasteiger partial charge in [-0.05, 0) is 46.7 Å². The number of likely N-dealkylation sites (tertiary alicyclic amines) is 1. The van der Waals surface area contributed by atoms with Gasteiger partial charge in [-0.2, -0.15) is 5.10 Å². The normalized spacial score (nSPS) is 29.0. The molecule has 2 fully saturated rings. The van der Waals surface area contributed by atoms with Crippen molar-refractivity contribution in [1.29, 1.82) is 0 Å². The molecule has 2 N–H and O–H groups in total. The molecule has 7 heteroatoms. The molecule has 0 radical (unpaired) electrons. The molecule has 24 heavy (non-hydrogen) atoms. The molecule has 136 valence electrons. The summed E-state index contributed by atoms with van der Waals surface area (Å²) in [5.74, 6) is 2.28. The van der Waals surface area contributed by atoms with Gasteiger partial charge in [-0.3, -0.25) is 10.00 Å². The van der Waals surface area contributed by atoms with Crippen LogP contribution in [0.1, 0.15) is 44.3 Å². The number of aromatic nitrogens is 3. The van der Waals surface area contributed by atoms with E-state index in [2.05, 4.69) is 38.8 Å². The minimum atomic E-state index is -0.301. The lowest BCUT2D eigenvalue weighted by Crippen LogP contribution is -2.50. The number of β-amino-alcohol motifs (C(OH)–C–C–N with tert-alkyl or cyclic N) is 1. The first-order valence-corrected chi connectivity index (χ1v) is 9.16. The average molecular weight is 337 g/mol. The maximum absolute atomic E-state index is 10.5. The Balaban J connectivity index is 1.40. The van der Waals surface area contributed by atoms with E-state index in [1.165, 1.54) is 0 Å². The molecule has 3 atom stereocenters. The molecule has 0 aliphatic carbocycles. The number of nitrogens with zero attached hydrogens (tertiary/aromatic N) is 4. The number of H-pyrrole nitrogens is 1. The zero-order valence-electron chi connectivity index (χ0n) is 15.1. The van der Waals surface area contributed by atoms with Crippen LogP contribution in [0.15, 0.2) is 0 Å². The number of ether oxygens (including phenoxy) is 1. The fraction of sp³-hybridized carbons (Fsp3) is 0.882. The molecule has 3 heterocycles. The summed E-state index contributed by atoms with van der Waals surface area (Å²) in [4.78, 5) is 9.15. The van der Waals surface area contributed by atoms with E-state index in [1.54, 1.807) is 0 Å². The Hall–Kier alpha value is -1.02. The summed E-state index contributed by atoms with van der Waals surface area (Å²) < 4.78 is 5.76.